The molecule has 0 aromatic carbocycles. The molecule has 2 N–H and O–H groups in total. The van der Waals surface area contributed by atoms with Gasteiger partial charge >= 0.3 is 6.09 Å². The highest BCUT2D eigenvalue weighted by molar-refractivity contribution is 14.1. The Bertz CT molecular complexity index is 488. The molecule has 2 rings (SSSR count). The molecular weight excluding hydrogens is 399 g/mol. The molecule has 0 aliphatic carbocycles. The molecule has 1 aliphatic rings. The van der Waals surface area contributed by atoms with Crippen molar-refractivity contribution in [3.63, 3.8) is 0 Å². The minimum Gasteiger partial charge on any atom is -0.453 e. The molecule has 2 heterocycles. The van der Waals surface area contributed by atoms with Gasteiger partial charge in [-0.15, -0.1) is 0 Å². The Labute approximate surface area is 144 Å². The molecule has 124 valence electrons. The van der Waals surface area contributed by atoms with Gasteiger partial charge in [0.25, 0.3) is 0 Å². The number of hydrogen-bond donors (Lipinski definition) is 2. The number of nitrogens with zero attached hydrogens (tertiary/aromatic N) is 2. The number of carbonyl (C=O) groups is 1. The van der Waals surface area contributed by atoms with Crippen molar-refractivity contribution in [2.45, 2.75) is 45.0 Å². The van der Waals surface area contributed by atoms with Gasteiger partial charge < -0.3 is 14.8 Å². The minimum atomic E-state index is -0.433. The third-order valence-corrected chi connectivity index (χ3v) is 4.48. The summed E-state index contributed by atoms with van der Waals surface area (Å²) in [6.07, 6.45) is 5.76. The molecule has 1 amide bonds. The van der Waals surface area contributed by atoms with Crippen LogP contribution in [-0.2, 0) is 15.9 Å². The lowest BCUT2D eigenvalue weighted by molar-refractivity contribution is -0.0397. The normalized spacial score (nSPS) is 19.7. The van der Waals surface area contributed by atoms with E-state index >= 15 is 0 Å². The molecule has 1 aromatic heterocycles. The summed E-state index contributed by atoms with van der Waals surface area (Å²) >= 11 is 2.26. The lowest BCUT2D eigenvalue weighted by Crippen LogP contribution is -2.43. The third kappa shape index (κ3) is 5.10. The summed E-state index contributed by atoms with van der Waals surface area (Å²) in [5, 5.41) is 10.5. The van der Waals surface area contributed by atoms with Crippen molar-refractivity contribution in [2.75, 3.05) is 20.3 Å². The molecule has 1 aromatic rings. The van der Waals surface area contributed by atoms with Gasteiger partial charge in [-0.2, -0.15) is 5.10 Å². The summed E-state index contributed by atoms with van der Waals surface area (Å²) in [7, 11) is 1.35. The van der Waals surface area contributed by atoms with E-state index in [0.29, 0.717) is 0 Å². The zero-order chi connectivity index (χ0) is 15.9. The molecule has 0 spiro atoms. The summed E-state index contributed by atoms with van der Waals surface area (Å²) in [6, 6.07) is 0. The van der Waals surface area contributed by atoms with Crippen molar-refractivity contribution in [3.05, 3.63) is 15.5 Å². The highest BCUT2D eigenvalue weighted by Crippen LogP contribution is 2.23. The first-order chi connectivity index (χ1) is 10.6. The Morgan fingerprint density at radius 1 is 1.64 bits per heavy atom. The predicted molar refractivity (Wildman–Crippen MR) is 90.5 cm³/mol. The molecular formula is C14H23IN4O3. The smallest absolute Gasteiger partial charge is 0.408 e. The number of aromatic nitrogens is 2. The third-order valence-electron chi connectivity index (χ3n) is 3.57. The van der Waals surface area contributed by atoms with Crippen molar-refractivity contribution in [1.82, 2.24) is 20.4 Å². The number of halogens is 1. The average Bonchev–Trinajstić information content (AvgIpc) is 2.89. The topological polar surface area (TPSA) is 77.4 Å². The Hall–Kier alpha value is -0.870. The molecule has 1 fully saturated rings. The molecule has 7 nitrogen and oxygen atoms in total. The first-order valence-corrected chi connectivity index (χ1v) is 8.61. The molecule has 0 bridgehead atoms. The van der Waals surface area contributed by atoms with Crippen molar-refractivity contribution < 1.29 is 14.3 Å². The summed E-state index contributed by atoms with van der Waals surface area (Å²) in [5.41, 5.74) is 1.19. The predicted octanol–water partition coefficient (Wildman–Crippen LogP) is 2.02. The second-order valence-corrected chi connectivity index (χ2v) is 6.33. The fourth-order valence-electron chi connectivity index (χ4n) is 2.37. The van der Waals surface area contributed by atoms with Gasteiger partial charge in [0.2, 0.25) is 0 Å². The van der Waals surface area contributed by atoms with E-state index in [1.54, 1.807) is 0 Å². The first kappa shape index (κ1) is 17.5. The standard InChI is InChI=1S/C14H23IN4O3/c1-10(17-14(20)21-2)16-7-6-11-9-19(18-13(11)15)12-5-3-4-8-22-12/h9-10,12,16H,3-8H2,1-2H3,(H,17,20). The number of methoxy groups -OCH3 is 1. The van der Waals surface area contributed by atoms with Crippen LogP contribution in [-0.4, -0.2) is 42.3 Å². The number of ether oxygens (including phenoxy) is 2. The molecule has 22 heavy (non-hydrogen) atoms. The Morgan fingerprint density at radius 2 is 2.45 bits per heavy atom. The summed E-state index contributed by atoms with van der Waals surface area (Å²) < 4.78 is 13.2. The lowest BCUT2D eigenvalue weighted by atomic mass is 10.2. The summed E-state index contributed by atoms with van der Waals surface area (Å²) in [5.74, 6) is 0. The van der Waals surface area contributed by atoms with Crippen LogP contribution in [0.4, 0.5) is 4.79 Å². The molecule has 2 atom stereocenters. The highest BCUT2D eigenvalue weighted by Gasteiger charge is 2.18. The summed E-state index contributed by atoms with van der Waals surface area (Å²) in [6.45, 7) is 3.44. The Morgan fingerprint density at radius 3 is 3.14 bits per heavy atom. The van der Waals surface area contributed by atoms with Crippen LogP contribution in [0.3, 0.4) is 0 Å². The number of alkyl carbamates (subject to hydrolysis) is 1. The van der Waals surface area contributed by atoms with Crippen molar-refractivity contribution >= 4 is 28.7 Å². The Balaban J connectivity index is 1.80. The van der Waals surface area contributed by atoms with Crippen molar-refractivity contribution in [3.8, 4) is 0 Å². The first-order valence-electron chi connectivity index (χ1n) is 7.53. The van der Waals surface area contributed by atoms with Crippen LogP contribution in [0, 0.1) is 3.70 Å². The largest absolute Gasteiger partial charge is 0.453 e. The van der Waals surface area contributed by atoms with E-state index < -0.39 is 6.09 Å². The van der Waals surface area contributed by atoms with Gasteiger partial charge in [-0.25, -0.2) is 9.48 Å². The number of hydrogen-bond acceptors (Lipinski definition) is 5. The van der Waals surface area contributed by atoms with Crippen molar-refractivity contribution in [1.29, 1.82) is 0 Å². The van der Waals surface area contributed by atoms with Gasteiger partial charge in [-0.05, 0) is 55.2 Å². The van der Waals surface area contributed by atoms with Crippen LogP contribution < -0.4 is 10.6 Å². The molecule has 1 aliphatic heterocycles. The monoisotopic (exact) mass is 422 g/mol. The van der Waals surface area contributed by atoms with E-state index in [0.717, 1.165) is 36.1 Å². The van der Waals surface area contributed by atoms with Crippen LogP contribution in [0.25, 0.3) is 0 Å². The summed E-state index contributed by atoms with van der Waals surface area (Å²) in [4.78, 5) is 11.1. The van der Waals surface area contributed by atoms with Crippen LogP contribution in [0.2, 0.25) is 0 Å². The minimum absolute atomic E-state index is 0.0730. The van der Waals surface area contributed by atoms with E-state index in [2.05, 4.69) is 49.3 Å². The SMILES string of the molecule is COC(=O)NC(C)NCCc1cn(C2CCCCO2)nc1I. The maximum absolute atomic E-state index is 11.1. The molecule has 0 radical (unpaired) electrons. The van der Waals surface area contributed by atoms with Gasteiger partial charge in [0.05, 0.1) is 13.3 Å². The van der Waals surface area contributed by atoms with Crippen LogP contribution in [0.5, 0.6) is 0 Å². The van der Waals surface area contributed by atoms with E-state index in [9.17, 15) is 4.79 Å². The fourth-order valence-corrected chi connectivity index (χ4v) is 3.02. The van der Waals surface area contributed by atoms with Crippen molar-refractivity contribution in [2.24, 2.45) is 0 Å². The lowest BCUT2D eigenvalue weighted by Gasteiger charge is -2.22. The van der Waals surface area contributed by atoms with Gasteiger partial charge in [-0.1, -0.05) is 0 Å². The fraction of sp³-hybridized carbons (Fsp3) is 0.714. The highest BCUT2D eigenvalue weighted by atomic mass is 127. The van der Waals surface area contributed by atoms with Crippen LogP contribution >= 0.6 is 22.6 Å². The molecule has 2 unspecified atom stereocenters. The number of nitrogens with one attached hydrogen (secondary N) is 2. The second-order valence-electron chi connectivity index (χ2n) is 5.31. The Kier molecular flexibility index (Phi) is 6.90. The zero-order valence-electron chi connectivity index (χ0n) is 13.0. The van der Waals surface area contributed by atoms with Crippen LogP contribution in [0.15, 0.2) is 6.20 Å². The van der Waals surface area contributed by atoms with Gasteiger partial charge in [-0.3, -0.25) is 5.32 Å². The quantitative estimate of drug-likeness (QED) is 0.542. The van der Waals surface area contributed by atoms with E-state index in [1.807, 2.05) is 11.6 Å². The molecule has 1 saturated heterocycles. The second kappa shape index (κ2) is 8.68. The molecule has 8 heteroatoms. The number of rotatable bonds is 6. The number of carbonyl (C=O) groups excluding carboxylic acids is 1. The maximum Gasteiger partial charge on any atom is 0.408 e. The van der Waals surface area contributed by atoms with Gasteiger partial charge in [0.15, 0.2) is 0 Å². The van der Waals surface area contributed by atoms with E-state index in [4.69, 9.17) is 4.74 Å². The zero-order valence-corrected chi connectivity index (χ0v) is 15.1. The van der Waals surface area contributed by atoms with E-state index in [1.165, 1.54) is 19.1 Å². The van der Waals surface area contributed by atoms with Gasteiger partial charge in [0.1, 0.15) is 9.93 Å². The average molecular weight is 422 g/mol. The molecule has 0 saturated carbocycles. The maximum atomic E-state index is 11.1. The van der Waals surface area contributed by atoms with E-state index in [-0.39, 0.29) is 12.4 Å². The van der Waals surface area contributed by atoms with Gasteiger partial charge in [0, 0.05) is 24.9 Å². The van der Waals surface area contributed by atoms with Crippen LogP contribution in [0.1, 0.15) is 38.0 Å². The number of amides is 1.